The molecule has 3 aliphatic rings. The standard InChI is InChI=1S/C29H30N4O4S/c1-2-19-8-10-22(11-9-19)33-27(36)29(26(35)30-28(33)37,14-23-5-4-12-38-23)18-31-15-20-13-21(17-31)24-6-3-7-25(34)32(24)16-20/h3-12,20-21H,2,13-18H2,1H3,(H,30,35,37)/t20-,21+,29?/m1/s1. The van der Waals surface area contributed by atoms with Gasteiger partial charge in [-0.2, -0.15) is 0 Å². The number of nitrogens with zero attached hydrogens (tertiary/aromatic N) is 3. The second kappa shape index (κ2) is 9.63. The number of fused-ring (bicyclic) bond motifs is 4. The van der Waals surface area contributed by atoms with Crippen molar-refractivity contribution in [3.63, 3.8) is 0 Å². The van der Waals surface area contributed by atoms with Crippen LogP contribution in [0, 0.1) is 11.3 Å². The molecule has 2 aromatic heterocycles. The Kier molecular flexibility index (Phi) is 6.28. The van der Waals surface area contributed by atoms with Crippen LogP contribution in [0.15, 0.2) is 64.8 Å². The molecule has 8 nitrogen and oxygen atoms in total. The maximum absolute atomic E-state index is 14.3. The van der Waals surface area contributed by atoms with E-state index in [1.807, 2.05) is 47.2 Å². The van der Waals surface area contributed by atoms with Gasteiger partial charge in [0.1, 0.15) is 5.41 Å². The quantitative estimate of drug-likeness (QED) is 0.494. The summed E-state index contributed by atoms with van der Waals surface area (Å²) in [6, 6.07) is 15.9. The van der Waals surface area contributed by atoms with Crippen LogP contribution in [0.5, 0.6) is 0 Å². The number of barbiturate groups is 1. The number of pyridine rings is 1. The fraction of sp³-hybridized carbons (Fsp3) is 0.379. The molecule has 5 heterocycles. The first-order valence-electron chi connectivity index (χ1n) is 13.1. The van der Waals surface area contributed by atoms with E-state index in [1.54, 1.807) is 24.3 Å². The molecular weight excluding hydrogens is 500 g/mol. The van der Waals surface area contributed by atoms with Gasteiger partial charge in [0.25, 0.3) is 11.5 Å². The number of carbonyl (C=O) groups is 3. The van der Waals surface area contributed by atoms with Gasteiger partial charge in [-0.15, -0.1) is 11.3 Å². The number of thiophene rings is 1. The molecule has 9 heteroatoms. The van der Waals surface area contributed by atoms with E-state index in [0.29, 0.717) is 25.3 Å². The molecular formula is C29H30N4O4S. The van der Waals surface area contributed by atoms with Crippen LogP contribution in [-0.4, -0.2) is 46.9 Å². The van der Waals surface area contributed by atoms with Crippen molar-refractivity contribution < 1.29 is 14.4 Å². The van der Waals surface area contributed by atoms with E-state index in [-0.39, 0.29) is 30.4 Å². The molecule has 3 atom stereocenters. The van der Waals surface area contributed by atoms with Crippen LogP contribution in [0.2, 0.25) is 0 Å². The third kappa shape index (κ3) is 4.19. The molecule has 38 heavy (non-hydrogen) atoms. The third-order valence-corrected chi connectivity index (χ3v) is 9.05. The molecule has 2 saturated heterocycles. The fourth-order valence-corrected chi connectivity index (χ4v) is 7.18. The van der Waals surface area contributed by atoms with Gasteiger partial charge in [-0.05, 0) is 54.0 Å². The zero-order valence-electron chi connectivity index (χ0n) is 21.3. The number of urea groups is 1. The van der Waals surface area contributed by atoms with Gasteiger partial charge in [0.2, 0.25) is 5.91 Å². The van der Waals surface area contributed by atoms with Gasteiger partial charge < -0.3 is 9.47 Å². The first-order valence-corrected chi connectivity index (χ1v) is 14.0. The van der Waals surface area contributed by atoms with Crippen LogP contribution in [-0.2, 0) is 29.0 Å². The van der Waals surface area contributed by atoms with E-state index in [0.717, 1.165) is 33.9 Å². The zero-order chi connectivity index (χ0) is 26.4. The van der Waals surface area contributed by atoms with E-state index >= 15 is 0 Å². The number of likely N-dealkylation sites (tertiary alicyclic amines) is 1. The normalized spacial score (nSPS) is 25.3. The van der Waals surface area contributed by atoms with Gasteiger partial charge >= 0.3 is 6.03 Å². The molecule has 196 valence electrons. The van der Waals surface area contributed by atoms with Crippen molar-refractivity contribution in [1.82, 2.24) is 14.8 Å². The summed E-state index contributed by atoms with van der Waals surface area (Å²) in [5.41, 5.74) is 1.13. The number of piperidine rings is 1. The highest BCUT2D eigenvalue weighted by molar-refractivity contribution is 7.09. The molecule has 0 saturated carbocycles. The van der Waals surface area contributed by atoms with Crippen LogP contribution in [0.1, 0.15) is 35.4 Å². The Hall–Kier alpha value is -3.56. The predicted octanol–water partition coefficient (Wildman–Crippen LogP) is 3.40. The van der Waals surface area contributed by atoms with E-state index in [2.05, 4.69) is 10.2 Å². The molecule has 0 spiro atoms. The second-order valence-corrected chi connectivity index (χ2v) is 11.7. The maximum atomic E-state index is 14.3. The van der Waals surface area contributed by atoms with Crippen molar-refractivity contribution in [3.05, 3.63) is 86.5 Å². The molecule has 2 fully saturated rings. The molecule has 4 amide bonds. The minimum atomic E-state index is -1.45. The highest BCUT2D eigenvalue weighted by atomic mass is 32.1. The molecule has 0 aliphatic carbocycles. The van der Waals surface area contributed by atoms with Crippen LogP contribution < -0.4 is 15.8 Å². The number of aryl methyl sites for hydroxylation is 1. The SMILES string of the molecule is CCc1ccc(N2C(=O)NC(=O)C(Cc3cccs3)(CN3C[C@H]4C[C@@H](C3)c3cccc(=O)n3C4)C2=O)cc1. The molecule has 3 aromatic rings. The smallest absolute Gasteiger partial charge is 0.312 e. The largest absolute Gasteiger partial charge is 0.335 e. The number of rotatable bonds is 6. The molecule has 6 rings (SSSR count). The van der Waals surface area contributed by atoms with Gasteiger partial charge in [-0.25, -0.2) is 9.69 Å². The summed E-state index contributed by atoms with van der Waals surface area (Å²) in [6.07, 6.45) is 2.04. The van der Waals surface area contributed by atoms with Crippen molar-refractivity contribution in [3.8, 4) is 0 Å². The van der Waals surface area contributed by atoms with Crippen LogP contribution >= 0.6 is 11.3 Å². The number of anilines is 1. The molecule has 0 radical (unpaired) electrons. The summed E-state index contributed by atoms with van der Waals surface area (Å²) < 4.78 is 1.87. The first kappa shape index (κ1) is 24.8. The molecule has 2 bridgehead atoms. The van der Waals surface area contributed by atoms with E-state index in [1.165, 1.54) is 11.3 Å². The van der Waals surface area contributed by atoms with Gasteiger partial charge in [0.05, 0.1) is 5.69 Å². The topological polar surface area (TPSA) is 91.7 Å². The molecule has 1 aromatic carbocycles. The lowest BCUT2D eigenvalue weighted by Gasteiger charge is -2.47. The van der Waals surface area contributed by atoms with Crippen molar-refractivity contribution in [2.75, 3.05) is 24.5 Å². The fourth-order valence-electron chi connectivity index (χ4n) is 6.36. The van der Waals surface area contributed by atoms with Crippen molar-refractivity contribution >= 4 is 34.9 Å². The number of amides is 4. The lowest BCUT2D eigenvalue weighted by Crippen LogP contribution is -2.68. The number of benzene rings is 1. The Balaban J connectivity index is 1.36. The monoisotopic (exact) mass is 530 g/mol. The van der Waals surface area contributed by atoms with Gasteiger partial charge in [0, 0.05) is 55.2 Å². The van der Waals surface area contributed by atoms with E-state index < -0.39 is 23.3 Å². The van der Waals surface area contributed by atoms with Crippen LogP contribution in [0.25, 0.3) is 0 Å². The summed E-state index contributed by atoms with van der Waals surface area (Å²) in [7, 11) is 0. The molecule has 1 N–H and O–H groups in total. The number of carbonyl (C=O) groups excluding carboxylic acids is 3. The average Bonchev–Trinajstić information content (AvgIpc) is 3.41. The van der Waals surface area contributed by atoms with Crippen LogP contribution in [0.4, 0.5) is 10.5 Å². The average molecular weight is 531 g/mol. The summed E-state index contributed by atoms with van der Waals surface area (Å²) in [5.74, 6) is -0.636. The number of hydrogen-bond acceptors (Lipinski definition) is 6. The first-order chi connectivity index (χ1) is 18.4. The lowest BCUT2D eigenvalue weighted by atomic mass is 9.76. The Labute approximate surface area is 224 Å². The van der Waals surface area contributed by atoms with Crippen LogP contribution in [0.3, 0.4) is 0 Å². The Morgan fingerprint density at radius 1 is 0.974 bits per heavy atom. The van der Waals surface area contributed by atoms with Crippen molar-refractivity contribution in [1.29, 1.82) is 0 Å². The molecule has 3 aliphatic heterocycles. The van der Waals surface area contributed by atoms with E-state index in [9.17, 15) is 19.2 Å². The van der Waals surface area contributed by atoms with Crippen molar-refractivity contribution in [2.24, 2.45) is 11.3 Å². The Bertz CT molecular complexity index is 1450. The van der Waals surface area contributed by atoms with Crippen molar-refractivity contribution in [2.45, 2.75) is 38.6 Å². The minimum absolute atomic E-state index is 0.0184. The van der Waals surface area contributed by atoms with Gasteiger partial charge in [-0.3, -0.25) is 19.7 Å². The number of hydrogen-bond donors (Lipinski definition) is 1. The summed E-state index contributed by atoms with van der Waals surface area (Å²) in [4.78, 5) is 57.7. The Morgan fingerprint density at radius 3 is 2.53 bits per heavy atom. The lowest BCUT2D eigenvalue weighted by molar-refractivity contribution is -0.144. The predicted molar refractivity (Wildman–Crippen MR) is 145 cm³/mol. The summed E-state index contributed by atoms with van der Waals surface area (Å²) in [6.45, 7) is 4.21. The second-order valence-electron chi connectivity index (χ2n) is 10.7. The van der Waals surface area contributed by atoms with E-state index in [4.69, 9.17) is 0 Å². The molecule has 1 unspecified atom stereocenters. The number of aromatic nitrogens is 1. The Morgan fingerprint density at radius 2 is 1.79 bits per heavy atom. The minimum Gasteiger partial charge on any atom is -0.312 e. The van der Waals surface area contributed by atoms with Gasteiger partial charge in [-0.1, -0.05) is 31.2 Å². The maximum Gasteiger partial charge on any atom is 0.335 e. The van der Waals surface area contributed by atoms with Gasteiger partial charge in [0.15, 0.2) is 0 Å². The highest BCUT2D eigenvalue weighted by Gasteiger charge is 2.56. The number of nitrogens with one attached hydrogen (secondary N) is 1. The summed E-state index contributed by atoms with van der Waals surface area (Å²) >= 11 is 1.50. The highest BCUT2D eigenvalue weighted by Crippen LogP contribution is 2.39. The zero-order valence-corrected chi connectivity index (χ0v) is 22.1. The summed E-state index contributed by atoms with van der Waals surface area (Å²) in [5, 5.41) is 4.44. The number of imide groups is 2. The third-order valence-electron chi connectivity index (χ3n) is 8.18.